The monoisotopic (exact) mass is 263 g/mol. The van der Waals surface area contributed by atoms with Crippen LogP contribution in [-0.4, -0.2) is 6.61 Å². The highest BCUT2D eigenvalue weighted by atomic mass is 19.1. The van der Waals surface area contributed by atoms with E-state index in [4.69, 9.17) is 10.5 Å². The molecule has 0 aliphatic heterocycles. The molecule has 0 bridgehead atoms. The fraction of sp³-hybridized carbons (Fsp3) is 0.200. The first-order valence-electron chi connectivity index (χ1n) is 5.96. The normalized spacial score (nSPS) is 12.2. The number of halogens is 2. The van der Waals surface area contributed by atoms with E-state index in [2.05, 4.69) is 0 Å². The number of rotatable bonds is 4. The fourth-order valence-electron chi connectivity index (χ4n) is 1.68. The SMILES string of the molecule is Cc1ccc(C(N)COc2cc(F)ccc2F)cc1. The molecule has 0 aromatic heterocycles. The van der Waals surface area contributed by atoms with E-state index >= 15 is 0 Å². The summed E-state index contributed by atoms with van der Waals surface area (Å²) in [7, 11) is 0. The Morgan fingerprint density at radius 2 is 1.79 bits per heavy atom. The van der Waals surface area contributed by atoms with E-state index in [1.54, 1.807) is 0 Å². The third-order valence-corrected chi connectivity index (χ3v) is 2.82. The van der Waals surface area contributed by atoms with E-state index in [0.717, 1.165) is 29.3 Å². The summed E-state index contributed by atoms with van der Waals surface area (Å²) in [6.45, 7) is 2.07. The van der Waals surface area contributed by atoms with Crippen molar-refractivity contribution in [3.05, 3.63) is 65.2 Å². The summed E-state index contributed by atoms with van der Waals surface area (Å²) in [5, 5.41) is 0. The molecule has 0 aliphatic rings. The number of benzene rings is 2. The fourth-order valence-corrected chi connectivity index (χ4v) is 1.68. The van der Waals surface area contributed by atoms with Crippen molar-refractivity contribution in [3.8, 4) is 5.75 Å². The summed E-state index contributed by atoms with van der Waals surface area (Å²) < 4.78 is 31.5. The summed E-state index contributed by atoms with van der Waals surface area (Å²) in [6.07, 6.45) is 0. The number of hydrogen-bond acceptors (Lipinski definition) is 2. The summed E-state index contributed by atoms with van der Waals surface area (Å²) in [5.74, 6) is -1.26. The van der Waals surface area contributed by atoms with Crippen molar-refractivity contribution in [1.82, 2.24) is 0 Å². The van der Waals surface area contributed by atoms with Crippen LogP contribution in [0.15, 0.2) is 42.5 Å². The first-order chi connectivity index (χ1) is 9.06. The van der Waals surface area contributed by atoms with Crippen LogP contribution in [0, 0.1) is 18.6 Å². The van der Waals surface area contributed by atoms with Crippen molar-refractivity contribution in [3.63, 3.8) is 0 Å². The zero-order valence-electron chi connectivity index (χ0n) is 10.6. The number of ether oxygens (including phenoxy) is 1. The summed E-state index contributed by atoms with van der Waals surface area (Å²) in [4.78, 5) is 0. The Kier molecular flexibility index (Phi) is 4.12. The molecule has 4 heteroatoms. The minimum atomic E-state index is -0.600. The maximum atomic E-state index is 13.3. The Morgan fingerprint density at radius 1 is 1.11 bits per heavy atom. The molecule has 0 heterocycles. The highest BCUT2D eigenvalue weighted by molar-refractivity contribution is 5.26. The van der Waals surface area contributed by atoms with Gasteiger partial charge < -0.3 is 10.5 Å². The van der Waals surface area contributed by atoms with Crippen LogP contribution in [0.4, 0.5) is 8.78 Å². The minimum absolute atomic E-state index is 0.0867. The average Bonchev–Trinajstić information content (AvgIpc) is 2.40. The molecule has 19 heavy (non-hydrogen) atoms. The molecule has 2 aromatic rings. The van der Waals surface area contributed by atoms with Crippen LogP contribution in [-0.2, 0) is 0 Å². The predicted molar refractivity (Wildman–Crippen MR) is 70.0 cm³/mol. The Labute approximate surface area is 110 Å². The maximum absolute atomic E-state index is 13.3. The van der Waals surface area contributed by atoms with E-state index in [1.807, 2.05) is 31.2 Å². The van der Waals surface area contributed by atoms with Crippen LogP contribution in [0.1, 0.15) is 17.2 Å². The molecule has 2 N–H and O–H groups in total. The van der Waals surface area contributed by atoms with Gasteiger partial charge >= 0.3 is 0 Å². The summed E-state index contributed by atoms with van der Waals surface area (Å²) in [5.41, 5.74) is 7.96. The molecular weight excluding hydrogens is 248 g/mol. The van der Waals surface area contributed by atoms with Gasteiger partial charge in [-0.2, -0.15) is 0 Å². The van der Waals surface area contributed by atoms with Gasteiger partial charge in [0, 0.05) is 6.07 Å². The van der Waals surface area contributed by atoms with E-state index in [0.29, 0.717) is 0 Å². The Hall–Kier alpha value is -1.94. The topological polar surface area (TPSA) is 35.2 Å². The molecule has 0 saturated heterocycles. The molecule has 100 valence electrons. The zero-order chi connectivity index (χ0) is 13.8. The van der Waals surface area contributed by atoms with Crippen LogP contribution in [0.5, 0.6) is 5.75 Å². The largest absolute Gasteiger partial charge is 0.488 e. The molecular formula is C15H15F2NO. The molecule has 1 atom stereocenters. The summed E-state index contributed by atoms with van der Waals surface area (Å²) in [6, 6.07) is 10.4. The highest BCUT2D eigenvalue weighted by Gasteiger charge is 2.10. The molecule has 0 radical (unpaired) electrons. The van der Waals surface area contributed by atoms with Gasteiger partial charge in [-0.25, -0.2) is 8.78 Å². The molecule has 0 amide bonds. The van der Waals surface area contributed by atoms with Gasteiger partial charge in [0.15, 0.2) is 11.6 Å². The Balaban J connectivity index is 2.02. The lowest BCUT2D eigenvalue weighted by Crippen LogP contribution is -2.19. The standard InChI is InChI=1S/C15H15F2NO/c1-10-2-4-11(5-3-10)14(18)9-19-15-8-12(16)6-7-13(15)17/h2-8,14H,9,18H2,1H3. The van der Waals surface area contributed by atoms with Crippen LogP contribution in [0.25, 0.3) is 0 Å². The molecule has 0 fully saturated rings. The van der Waals surface area contributed by atoms with Gasteiger partial charge in [0.2, 0.25) is 0 Å². The van der Waals surface area contributed by atoms with Crippen molar-refractivity contribution in [2.75, 3.05) is 6.61 Å². The van der Waals surface area contributed by atoms with Gasteiger partial charge in [0.05, 0.1) is 6.04 Å². The number of aryl methyl sites for hydroxylation is 1. The second kappa shape index (κ2) is 5.80. The average molecular weight is 263 g/mol. The van der Waals surface area contributed by atoms with Gasteiger partial charge in [-0.15, -0.1) is 0 Å². The van der Waals surface area contributed by atoms with Gasteiger partial charge in [-0.1, -0.05) is 29.8 Å². The van der Waals surface area contributed by atoms with E-state index in [-0.39, 0.29) is 18.4 Å². The van der Waals surface area contributed by atoms with Crippen LogP contribution >= 0.6 is 0 Å². The van der Waals surface area contributed by atoms with Crippen molar-refractivity contribution in [2.45, 2.75) is 13.0 Å². The lowest BCUT2D eigenvalue weighted by atomic mass is 10.1. The highest BCUT2D eigenvalue weighted by Crippen LogP contribution is 2.20. The molecule has 0 spiro atoms. The lowest BCUT2D eigenvalue weighted by Gasteiger charge is -2.14. The molecule has 1 unspecified atom stereocenters. The first kappa shape index (κ1) is 13.5. The van der Waals surface area contributed by atoms with Crippen molar-refractivity contribution in [2.24, 2.45) is 5.73 Å². The van der Waals surface area contributed by atoms with Crippen molar-refractivity contribution in [1.29, 1.82) is 0 Å². The van der Waals surface area contributed by atoms with Crippen molar-refractivity contribution < 1.29 is 13.5 Å². The smallest absolute Gasteiger partial charge is 0.165 e. The third kappa shape index (κ3) is 3.51. The second-order valence-corrected chi connectivity index (χ2v) is 4.40. The zero-order valence-corrected chi connectivity index (χ0v) is 10.6. The first-order valence-corrected chi connectivity index (χ1v) is 5.96. The number of nitrogens with two attached hydrogens (primary N) is 1. The minimum Gasteiger partial charge on any atom is -0.488 e. The van der Waals surface area contributed by atoms with Crippen LogP contribution in [0.2, 0.25) is 0 Å². The molecule has 2 aromatic carbocycles. The van der Waals surface area contributed by atoms with Crippen LogP contribution in [0.3, 0.4) is 0 Å². The van der Waals surface area contributed by atoms with Gasteiger partial charge in [-0.05, 0) is 24.6 Å². The van der Waals surface area contributed by atoms with Crippen molar-refractivity contribution >= 4 is 0 Å². The second-order valence-electron chi connectivity index (χ2n) is 4.40. The van der Waals surface area contributed by atoms with Crippen LogP contribution < -0.4 is 10.5 Å². The van der Waals surface area contributed by atoms with E-state index < -0.39 is 11.6 Å². The maximum Gasteiger partial charge on any atom is 0.165 e. The van der Waals surface area contributed by atoms with E-state index in [1.165, 1.54) is 0 Å². The predicted octanol–water partition coefficient (Wildman–Crippen LogP) is 3.35. The molecule has 0 aliphatic carbocycles. The molecule has 0 saturated carbocycles. The Morgan fingerprint density at radius 3 is 2.47 bits per heavy atom. The quantitative estimate of drug-likeness (QED) is 0.918. The molecule has 2 rings (SSSR count). The lowest BCUT2D eigenvalue weighted by molar-refractivity contribution is 0.276. The van der Waals surface area contributed by atoms with E-state index in [9.17, 15) is 8.78 Å². The van der Waals surface area contributed by atoms with Gasteiger partial charge in [-0.3, -0.25) is 0 Å². The Bertz CT molecular complexity index is 555. The van der Waals surface area contributed by atoms with Gasteiger partial charge in [0.25, 0.3) is 0 Å². The molecule has 2 nitrogen and oxygen atoms in total. The number of hydrogen-bond donors (Lipinski definition) is 1. The third-order valence-electron chi connectivity index (χ3n) is 2.82. The summed E-state index contributed by atoms with van der Waals surface area (Å²) >= 11 is 0. The van der Waals surface area contributed by atoms with Gasteiger partial charge in [0.1, 0.15) is 12.4 Å².